The van der Waals surface area contributed by atoms with Gasteiger partial charge in [-0.25, -0.2) is 0 Å². The fraction of sp³-hybridized carbons (Fsp3) is 0.571. The lowest BCUT2D eigenvalue weighted by atomic mass is 9.75. The van der Waals surface area contributed by atoms with Crippen LogP contribution in [0.1, 0.15) is 37.7 Å². The summed E-state index contributed by atoms with van der Waals surface area (Å²) < 4.78 is 5.49. The summed E-state index contributed by atoms with van der Waals surface area (Å²) in [5.41, 5.74) is 7.42. The summed E-state index contributed by atoms with van der Waals surface area (Å²) in [6.45, 7) is 0.762. The fourth-order valence-electron chi connectivity index (χ4n) is 3.06. The van der Waals surface area contributed by atoms with Gasteiger partial charge in [0.05, 0.1) is 7.11 Å². The van der Waals surface area contributed by atoms with Crippen LogP contribution in [0.25, 0.3) is 0 Å². The maximum atomic E-state index is 5.78. The molecule has 0 atom stereocenters. The Labute approximate surface area is 97.8 Å². The third-order valence-corrected chi connectivity index (χ3v) is 3.86. The van der Waals surface area contributed by atoms with E-state index in [1.165, 1.54) is 31.2 Å². The Hall–Kier alpha value is -1.02. The van der Waals surface area contributed by atoms with Crippen LogP contribution in [0.2, 0.25) is 0 Å². The highest BCUT2D eigenvalue weighted by atomic mass is 16.5. The lowest BCUT2D eigenvalue weighted by Crippen LogP contribution is -2.26. The van der Waals surface area contributed by atoms with Crippen molar-refractivity contribution in [3.63, 3.8) is 0 Å². The molecule has 0 amide bonds. The highest BCUT2D eigenvalue weighted by molar-refractivity contribution is 5.40. The molecule has 1 aliphatic carbocycles. The minimum atomic E-state index is 0.279. The van der Waals surface area contributed by atoms with Gasteiger partial charge in [-0.3, -0.25) is 0 Å². The van der Waals surface area contributed by atoms with Gasteiger partial charge in [-0.2, -0.15) is 0 Å². The van der Waals surface area contributed by atoms with E-state index in [2.05, 4.69) is 18.2 Å². The maximum absolute atomic E-state index is 5.78. The molecular formula is C14H21NO. The number of methoxy groups -OCH3 is 1. The molecule has 0 radical (unpaired) electrons. The minimum absolute atomic E-state index is 0.279. The second-order valence-corrected chi connectivity index (χ2v) is 4.73. The van der Waals surface area contributed by atoms with Crippen LogP contribution in [-0.2, 0) is 5.41 Å². The molecule has 1 saturated carbocycles. The zero-order chi connectivity index (χ0) is 11.4. The van der Waals surface area contributed by atoms with Crippen LogP contribution in [0, 0.1) is 0 Å². The van der Waals surface area contributed by atoms with Gasteiger partial charge in [0.15, 0.2) is 0 Å². The van der Waals surface area contributed by atoms with E-state index in [0.717, 1.165) is 18.7 Å². The molecule has 88 valence electrons. The van der Waals surface area contributed by atoms with E-state index in [1.54, 1.807) is 7.11 Å². The molecule has 0 aliphatic heterocycles. The summed E-state index contributed by atoms with van der Waals surface area (Å²) in [6.07, 6.45) is 6.22. The van der Waals surface area contributed by atoms with Gasteiger partial charge in [-0.05, 0) is 31.9 Å². The Morgan fingerprint density at radius 1 is 1.25 bits per heavy atom. The lowest BCUT2D eigenvalue weighted by molar-refractivity contribution is 0.362. The molecule has 1 aliphatic rings. The van der Waals surface area contributed by atoms with E-state index in [1.807, 2.05) is 6.07 Å². The van der Waals surface area contributed by atoms with Crippen LogP contribution >= 0.6 is 0 Å². The molecule has 2 N–H and O–H groups in total. The van der Waals surface area contributed by atoms with E-state index in [9.17, 15) is 0 Å². The zero-order valence-corrected chi connectivity index (χ0v) is 10.0. The van der Waals surface area contributed by atoms with Crippen molar-refractivity contribution < 1.29 is 4.74 Å². The first kappa shape index (κ1) is 11.5. The van der Waals surface area contributed by atoms with Gasteiger partial charge in [0.2, 0.25) is 0 Å². The summed E-state index contributed by atoms with van der Waals surface area (Å²) in [6, 6.07) is 8.41. The topological polar surface area (TPSA) is 35.2 Å². The van der Waals surface area contributed by atoms with Crippen molar-refractivity contribution in [2.24, 2.45) is 5.73 Å². The normalized spacial score (nSPS) is 18.6. The quantitative estimate of drug-likeness (QED) is 0.845. The maximum Gasteiger partial charge on any atom is 0.122 e. The molecule has 0 saturated heterocycles. The summed E-state index contributed by atoms with van der Waals surface area (Å²) in [5.74, 6) is 1.03. The van der Waals surface area contributed by atoms with Gasteiger partial charge >= 0.3 is 0 Å². The SMILES string of the molecule is COc1ccccc1C1(CCN)CCCC1. The molecule has 16 heavy (non-hydrogen) atoms. The average molecular weight is 219 g/mol. The number of benzene rings is 1. The van der Waals surface area contributed by atoms with Gasteiger partial charge in [-0.1, -0.05) is 31.0 Å². The number of hydrogen-bond donors (Lipinski definition) is 1. The Kier molecular flexibility index (Phi) is 3.49. The van der Waals surface area contributed by atoms with Crippen molar-refractivity contribution in [2.75, 3.05) is 13.7 Å². The number of ether oxygens (including phenoxy) is 1. The van der Waals surface area contributed by atoms with Crippen LogP contribution in [-0.4, -0.2) is 13.7 Å². The molecule has 1 aromatic rings. The van der Waals surface area contributed by atoms with Gasteiger partial charge in [0.1, 0.15) is 5.75 Å². The van der Waals surface area contributed by atoms with Crippen molar-refractivity contribution in [1.82, 2.24) is 0 Å². The second kappa shape index (κ2) is 4.88. The van der Waals surface area contributed by atoms with E-state index < -0.39 is 0 Å². The first-order valence-corrected chi connectivity index (χ1v) is 6.16. The van der Waals surface area contributed by atoms with Crippen molar-refractivity contribution in [2.45, 2.75) is 37.5 Å². The van der Waals surface area contributed by atoms with Gasteiger partial charge in [-0.15, -0.1) is 0 Å². The molecule has 2 nitrogen and oxygen atoms in total. The predicted octanol–water partition coefficient (Wildman–Crippen LogP) is 2.86. The molecule has 0 aromatic heterocycles. The second-order valence-electron chi connectivity index (χ2n) is 4.73. The van der Waals surface area contributed by atoms with E-state index in [-0.39, 0.29) is 5.41 Å². The van der Waals surface area contributed by atoms with Gasteiger partial charge in [0.25, 0.3) is 0 Å². The molecule has 0 heterocycles. The highest BCUT2D eigenvalue weighted by Gasteiger charge is 2.36. The van der Waals surface area contributed by atoms with Crippen molar-refractivity contribution in [1.29, 1.82) is 0 Å². The van der Waals surface area contributed by atoms with Crippen molar-refractivity contribution in [3.8, 4) is 5.75 Å². The first-order valence-electron chi connectivity index (χ1n) is 6.16. The first-order chi connectivity index (χ1) is 7.82. The molecule has 1 fully saturated rings. The van der Waals surface area contributed by atoms with Gasteiger partial charge < -0.3 is 10.5 Å². The van der Waals surface area contributed by atoms with Gasteiger partial charge in [0, 0.05) is 11.0 Å². The average Bonchev–Trinajstić information content (AvgIpc) is 2.79. The Balaban J connectivity index is 2.38. The van der Waals surface area contributed by atoms with Crippen LogP contribution in [0.4, 0.5) is 0 Å². The monoisotopic (exact) mass is 219 g/mol. The fourth-order valence-corrected chi connectivity index (χ4v) is 3.06. The molecular weight excluding hydrogens is 198 g/mol. The molecule has 2 rings (SSSR count). The minimum Gasteiger partial charge on any atom is -0.496 e. The van der Waals surface area contributed by atoms with E-state index in [0.29, 0.717) is 0 Å². The standard InChI is InChI=1S/C14H21NO/c1-16-13-7-3-2-6-12(13)14(10-11-15)8-4-5-9-14/h2-3,6-7H,4-5,8-11,15H2,1H3. The van der Waals surface area contributed by atoms with Crippen LogP contribution in [0.15, 0.2) is 24.3 Å². The summed E-state index contributed by atoms with van der Waals surface area (Å²) in [5, 5.41) is 0. The number of rotatable bonds is 4. The third-order valence-electron chi connectivity index (χ3n) is 3.86. The van der Waals surface area contributed by atoms with Crippen molar-refractivity contribution in [3.05, 3.63) is 29.8 Å². The summed E-state index contributed by atoms with van der Waals surface area (Å²) in [7, 11) is 1.75. The molecule has 0 spiro atoms. The van der Waals surface area contributed by atoms with E-state index in [4.69, 9.17) is 10.5 Å². The Bertz CT molecular complexity index is 342. The molecule has 1 aromatic carbocycles. The third kappa shape index (κ3) is 1.94. The van der Waals surface area contributed by atoms with Crippen LogP contribution < -0.4 is 10.5 Å². The smallest absolute Gasteiger partial charge is 0.122 e. The Morgan fingerprint density at radius 2 is 1.94 bits per heavy atom. The summed E-state index contributed by atoms with van der Waals surface area (Å²) >= 11 is 0. The predicted molar refractivity (Wildman–Crippen MR) is 66.8 cm³/mol. The van der Waals surface area contributed by atoms with Crippen LogP contribution in [0.5, 0.6) is 5.75 Å². The number of para-hydroxylation sites is 1. The zero-order valence-electron chi connectivity index (χ0n) is 10.0. The summed E-state index contributed by atoms with van der Waals surface area (Å²) in [4.78, 5) is 0. The van der Waals surface area contributed by atoms with Crippen LogP contribution in [0.3, 0.4) is 0 Å². The Morgan fingerprint density at radius 3 is 2.56 bits per heavy atom. The number of nitrogens with two attached hydrogens (primary N) is 1. The largest absolute Gasteiger partial charge is 0.496 e. The highest BCUT2D eigenvalue weighted by Crippen LogP contribution is 2.46. The molecule has 2 heteroatoms. The number of hydrogen-bond acceptors (Lipinski definition) is 2. The lowest BCUT2D eigenvalue weighted by Gasteiger charge is -2.30. The molecule has 0 unspecified atom stereocenters. The van der Waals surface area contributed by atoms with E-state index >= 15 is 0 Å². The van der Waals surface area contributed by atoms with Crippen molar-refractivity contribution >= 4 is 0 Å². The molecule has 0 bridgehead atoms.